The van der Waals surface area contributed by atoms with E-state index in [9.17, 15) is 0 Å². The Balaban J connectivity index is 2.08. The van der Waals surface area contributed by atoms with E-state index in [1.165, 1.54) is 11.1 Å². The van der Waals surface area contributed by atoms with Crippen LogP contribution in [-0.2, 0) is 13.1 Å². The summed E-state index contributed by atoms with van der Waals surface area (Å²) in [6.45, 7) is 7.90. The molecule has 0 unspecified atom stereocenters. The molecule has 0 aromatic heterocycles. The second-order valence-electron chi connectivity index (χ2n) is 5.76. The quantitative estimate of drug-likeness (QED) is 0.570. The summed E-state index contributed by atoms with van der Waals surface area (Å²) in [6.07, 6.45) is 0. The molecule has 0 saturated heterocycles. The van der Waals surface area contributed by atoms with Crippen molar-refractivity contribution in [1.29, 1.82) is 0 Å². The van der Waals surface area contributed by atoms with Crippen LogP contribution in [-0.4, -0.2) is 31.1 Å². The number of guanidine groups is 1. The van der Waals surface area contributed by atoms with Crippen molar-refractivity contribution in [3.05, 3.63) is 59.7 Å². The van der Waals surface area contributed by atoms with Gasteiger partial charge < -0.3 is 15.8 Å². The molecule has 5 nitrogen and oxygen atoms in total. The summed E-state index contributed by atoms with van der Waals surface area (Å²) in [6, 6.07) is 16.0. The van der Waals surface area contributed by atoms with E-state index in [0.717, 1.165) is 31.1 Å². The first-order valence-corrected chi connectivity index (χ1v) is 8.67. The highest BCUT2D eigenvalue weighted by Gasteiger charge is 2.07. The van der Waals surface area contributed by atoms with Crippen LogP contribution in [0.1, 0.15) is 25.0 Å². The van der Waals surface area contributed by atoms with Crippen LogP contribution < -0.4 is 15.8 Å². The summed E-state index contributed by atoms with van der Waals surface area (Å²) in [5, 5.41) is 3.11. The lowest BCUT2D eigenvalue weighted by Crippen LogP contribution is -2.24. The minimum absolute atomic E-state index is 0.377. The van der Waals surface area contributed by atoms with Crippen LogP contribution in [0.5, 0.6) is 5.75 Å². The largest absolute Gasteiger partial charge is 0.495 e. The van der Waals surface area contributed by atoms with Crippen LogP contribution in [0.25, 0.3) is 0 Å². The maximum Gasteiger partial charge on any atom is 0.193 e. The number of aliphatic imine (C=N–C) groups is 1. The Morgan fingerprint density at radius 2 is 1.68 bits per heavy atom. The predicted octanol–water partition coefficient (Wildman–Crippen LogP) is 3.46. The molecular formula is C20H28N4O. The highest BCUT2D eigenvalue weighted by Crippen LogP contribution is 2.22. The van der Waals surface area contributed by atoms with Crippen LogP contribution >= 0.6 is 0 Å². The number of anilines is 1. The fraction of sp³-hybridized carbons (Fsp3) is 0.350. The van der Waals surface area contributed by atoms with Gasteiger partial charge in [-0.05, 0) is 36.3 Å². The van der Waals surface area contributed by atoms with Gasteiger partial charge in [-0.15, -0.1) is 0 Å². The molecule has 0 aliphatic carbocycles. The minimum Gasteiger partial charge on any atom is -0.495 e. The highest BCUT2D eigenvalue weighted by atomic mass is 16.5. The molecule has 0 saturated carbocycles. The molecule has 25 heavy (non-hydrogen) atoms. The molecular weight excluding hydrogens is 312 g/mol. The van der Waals surface area contributed by atoms with E-state index in [1.807, 2.05) is 30.3 Å². The lowest BCUT2D eigenvalue weighted by atomic mass is 10.1. The topological polar surface area (TPSA) is 62.9 Å². The van der Waals surface area contributed by atoms with Gasteiger partial charge in [0, 0.05) is 6.54 Å². The molecule has 2 aromatic rings. The van der Waals surface area contributed by atoms with Crippen LogP contribution in [0.3, 0.4) is 0 Å². The molecule has 3 N–H and O–H groups in total. The van der Waals surface area contributed by atoms with Crippen molar-refractivity contribution in [3.63, 3.8) is 0 Å². The number of hydrogen-bond donors (Lipinski definition) is 2. The number of nitrogens with two attached hydrogens (primary N) is 1. The standard InChI is InChI=1S/C20H28N4O/c1-4-24(5-2)15-17-11-7-6-10-16(17)14-22-20(21)23-18-12-8-9-13-19(18)25-3/h6-13H,4-5,14-15H2,1-3H3,(H3,21,22,23). The van der Waals surface area contributed by atoms with Crippen LogP contribution in [0, 0.1) is 0 Å². The van der Waals surface area contributed by atoms with Gasteiger partial charge in [0.2, 0.25) is 0 Å². The third-order valence-corrected chi connectivity index (χ3v) is 4.20. The molecule has 2 aromatic carbocycles. The van der Waals surface area contributed by atoms with Crippen LogP contribution in [0.15, 0.2) is 53.5 Å². The molecule has 0 bridgehead atoms. The summed E-state index contributed by atoms with van der Waals surface area (Å²) in [5.41, 5.74) is 9.35. The number of benzene rings is 2. The van der Waals surface area contributed by atoms with E-state index in [0.29, 0.717) is 12.5 Å². The summed E-state index contributed by atoms with van der Waals surface area (Å²) in [7, 11) is 1.64. The van der Waals surface area contributed by atoms with Crippen molar-refractivity contribution in [1.82, 2.24) is 4.90 Å². The maximum absolute atomic E-state index is 6.05. The van der Waals surface area contributed by atoms with E-state index in [2.05, 4.69) is 47.3 Å². The van der Waals surface area contributed by atoms with Crippen molar-refractivity contribution in [2.24, 2.45) is 10.7 Å². The molecule has 134 valence electrons. The number of hydrogen-bond acceptors (Lipinski definition) is 3. The molecule has 0 spiro atoms. The SMILES string of the molecule is CCN(CC)Cc1ccccc1CN=C(N)Nc1ccccc1OC. The van der Waals surface area contributed by atoms with E-state index in [-0.39, 0.29) is 0 Å². The summed E-state index contributed by atoms with van der Waals surface area (Å²) >= 11 is 0. The first-order valence-electron chi connectivity index (χ1n) is 8.67. The second-order valence-corrected chi connectivity index (χ2v) is 5.76. The van der Waals surface area contributed by atoms with Crippen LogP contribution in [0.4, 0.5) is 5.69 Å². The normalized spacial score (nSPS) is 11.6. The molecule has 2 rings (SSSR count). The van der Waals surface area contributed by atoms with Gasteiger partial charge in [-0.1, -0.05) is 50.2 Å². The van der Waals surface area contributed by atoms with E-state index >= 15 is 0 Å². The van der Waals surface area contributed by atoms with Gasteiger partial charge in [-0.3, -0.25) is 4.90 Å². The van der Waals surface area contributed by atoms with E-state index in [1.54, 1.807) is 7.11 Å². The Morgan fingerprint density at radius 1 is 1.04 bits per heavy atom. The Labute approximate surface area is 150 Å². The molecule has 0 atom stereocenters. The lowest BCUT2D eigenvalue weighted by molar-refractivity contribution is 0.295. The van der Waals surface area contributed by atoms with Gasteiger partial charge in [-0.25, -0.2) is 4.99 Å². The predicted molar refractivity (Wildman–Crippen MR) is 105 cm³/mol. The fourth-order valence-corrected chi connectivity index (χ4v) is 2.65. The number of para-hydroxylation sites is 2. The molecule has 0 aliphatic heterocycles. The Morgan fingerprint density at radius 3 is 2.36 bits per heavy atom. The molecule has 0 amide bonds. The Hall–Kier alpha value is -2.53. The number of methoxy groups -OCH3 is 1. The number of nitrogens with one attached hydrogen (secondary N) is 1. The maximum atomic E-state index is 6.05. The number of nitrogens with zero attached hydrogens (tertiary/aromatic N) is 2. The first kappa shape index (κ1) is 18.8. The van der Waals surface area contributed by atoms with Gasteiger partial charge >= 0.3 is 0 Å². The number of ether oxygens (including phenoxy) is 1. The zero-order chi connectivity index (χ0) is 18.1. The molecule has 0 fully saturated rings. The van der Waals surface area contributed by atoms with Crippen molar-refractivity contribution >= 4 is 11.6 Å². The smallest absolute Gasteiger partial charge is 0.193 e. The second kappa shape index (κ2) is 9.69. The van der Waals surface area contributed by atoms with Gasteiger partial charge in [0.25, 0.3) is 0 Å². The zero-order valence-electron chi connectivity index (χ0n) is 15.3. The molecule has 0 radical (unpaired) electrons. The highest BCUT2D eigenvalue weighted by molar-refractivity contribution is 5.93. The molecule has 0 aliphatic rings. The summed E-state index contributed by atoms with van der Waals surface area (Å²) < 4.78 is 5.32. The molecule has 0 heterocycles. The van der Waals surface area contributed by atoms with Gasteiger partial charge in [0.05, 0.1) is 19.3 Å². The summed E-state index contributed by atoms with van der Waals surface area (Å²) in [5.74, 6) is 1.12. The van der Waals surface area contributed by atoms with Crippen molar-refractivity contribution in [3.8, 4) is 5.75 Å². The average Bonchev–Trinajstić information content (AvgIpc) is 2.65. The van der Waals surface area contributed by atoms with E-state index in [4.69, 9.17) is 10.5 Å². The fourth-order valence-electron chi connectivity index (χ4n) is 2.65. The minimum atomic E-state index is 0.377. The monoisotopic (exact) mass is 340 g/mol. The Bertz CT molecular complexity index is 696. The van der Waals surface area contributed by atoms with Crippen molar-refractivity contribution in [2.45, 2.75) is 26.9 Å². The zero-order valence-corrected chi connectivity index (χ0v) is 15.3. The van der Waals surface area contributed by atoms with Gasteiger partial charge in [0.15, 0.2) is 5.96 Å². The molecule has 5 heteroatoms. The average molecular weight is 340 g/mol. The van der Waals surface area contributed by atoms with Crippen molar-refractivity contribution in [2.75, 3.05) is 25.5 Å². The van der Waals surface area contributed by atoms with Crippen molar-refractivity contribution < 1.29 is 4.74 Å². The van der Waals surface area contributed by atoms with Gasteiger partial charge in [0.1, 0.15) is 5.75 Å². The third-order valence-electron chi connectivity index (χ3n) is 4.20. The van der Waals surface area contributed by atoms with Gasteiger partial charge in [-0.2, -0.15) is 0 Å². The number of rotatable bonds is 8. The first-order chi connectivity index (χ1) is 12.2. The summed E-state index contributed by atoms with van der Waals surface area (Å²) in [4.78, 5) is 6.88. The third kappa shape index (κ3) is 5.50. The van der Waals surface area contributed by atoms with Crippen LogP contribution in [0.2, 0.25) is 0 Å². The van der Waals surface area contributed by atoms with E-state index < -0.39 is 0 Å². The lowest BCUT2D eigenvalue weighted by Gasteiger charge is -2.19. The Kier molecular flexibility index (Phi) is 7.29.